The second kappa shape index (κ2) is 5.91. The SMILES string of the molecule is CCN(CC)S(=O)(=O)c1cc(Cl)cc(C)c1OC. The molecule has 0 radical (unpaired) electrons. The molecular weight excluding hydrogens is 274 g/mol. The first-order valence-electron chi connectivity index (χ1n) is 5.72. The highest BCUT2D eigenvalue weighted by molar-refractivity contribution is 7.89. The third-order valence-electron chi connectivity index (χ3n) is 2.73. The van der Waals surface area contributed by atoms with E-state index in [9.17, 15) is 8.42 Å². The van der Waals surface area contributed by atoms with E-state index < -0.39 is 10.0 Å². The zero-order valence-corrected chi connectivity index (χ0v) is 12.6. The lowest BCUT2D eigenvalue weighted by Gasteiger charge is -2.21. The molecule has 6 heteroatoms. The normalized spacial score (nSPS) is 11.9. The van der Waals surface area contributed by atoms with Gasteiger partial charge in [-0.25, -0.2) is 8.42 Å². The Morgan fingerprint density at radius 3 is 2.28 bits per heavy atom. The van der Waals surface area contributed by atoms with Crippen LogP contribution in [0.5, 0.6) is 5.75 Å². The summed E-state index contributed by atoms with van der Waals surface area (Å²) < 4.78 is 31.5. The summed E-state index contributed by atoms with van der Waals surface area (Å²) in [5.74, 6) is 0.353. The number of aryl methyl sites for hydroxylation is 1. The van der Waals surface area contributed by atoms with E-state index >= 15 is 0 Å². The lowest BCUT2D eigenvalue weighted by atomic mass is 10.2. The molecular formula is C12H18ClNO3S. The average molecular weight is 292 g/mol. The Morgan fingerprint density at radius 2 is 1.83 bits per heavy atom. The molecule has 0 spiro atoms. The fourth-order valence-electron chi connectivity index (χ4n) is 1.85. The maximum atomic E-state index is 12.5. The molecule has 0 aromatic heterocycles. The molecule has 0 unspecified atom stereocenters. The first kappa shape index (κ1) is 15.3. The molecule has 1 rings (SSSR count). The smallest absolute Gasteiger partial charge is 0.246 e. The Hall–Kier alpha value is -0.780. The minimum atomic E-state index is -3.57. The molecule has 1 aromatic carbocycles. The number of rotatable bonds is 5. The highest BCUT2D eigenvalue weighted by Gasteiger charge is 2.26. The van der Waals surface area contributed by atoms with Crippen molar-refractivity contribution >= 4 is 21.6 Å². The molecule has 0 amide bonds. The number of nitrogens with zero attached hydrogens (tertiary/aromatic N) is 1. The largest absolute Gasteiger partial charge is 0.495 e. The summed E-state index contributed by atoms with van der Waals surface area (Å²) in [6.45, 7) is 6.18. The summed E-state index contributed by atoms with van der Waals surface area (Å²) in [7, 11) is -2.11. The third kappa shape index (κ3) is 2.79. The summed E-state index contributed by atoms with van der Waals surface area (Å²) in [5.41, 5.74) is 0.704. The summed E-state index contributed by atoms with van der Waals surface area (Å²) in [4.78, 5) is 0.124. The highest BCUT2D eigenvalue weighted by atomic mass is 35.5. The van der Waals surface area contributed by atoms with Crippen molar-refractivity contribution in [2.45, 2.75) is 25.7 Å². The summed E-state index contributed by atoms with van der Waals surface area (Å²) in [5, 5.41) is 0.388. The van der Waals surface area contributed by atoms with Crippen molar-refractivity contribution in [3.8, 4) is 5.75 Å². The van der Waals surface area contributed by atoms with Crippen LogP contribution in [-0.2, 0) is 10.0 Å². The summed E-state index contributed by atoms with van der Waals surface area (Å²) in [6, 6.07) is 3.11. The number of hydrogen-bond acceptors (Lipinski definition) is 3. The molecule has 0 bridgehead atoms. The highest BCUT2D eigenvalue weighted by Crippen LogP contribution is 2.32. The molecule has 18 heavy (non-hydrogen) atoms. The van der Waals surface area contributed by atoms with Crippen LogP contribution in [0.4, 0.5) is 0 Å². The van der Waals surface area contributed by atoms with Gasteiger partial charge in [-0.05, 0) is 24.6 Å². The van der Waals surface area contributed by atoms with Crippen molar-refractivity contribution < 1.29 is 13.2 Å². The van der Waals surface area contributed by atoms with E-state index in [0.29, 0.717) is 29.4 Å². The molecule has 0 aliphatic carbocycles. The van der Waals surface area contributed by atoms with Gasteiger partial charge < -0.3 is 4.74 Å². The molecule has 0 heterocycles. The van der Waals surface area contributed by atoms with Gasteiger partial charge in [0.15, 0.2) is 0 Å². The van der Waals surface area contributed by atoms with Crippen molar-refractivity contribution in [1.82, 2.24) is 4.31 Å². The number of hydrogen-bond donors (Lipinski definition) is 0. The quantitative estimate of drug-likeness (QED) is 0.838. The van der Waals surface area contributed by atoms with Gasteiger partial charge in [0.05, 0.1) is 7.11 Å². The maximum absolute atomic E-state index is 12.5. The van der Waals surface area contributed by atoms with E-state index in [1.165, 1.54) is 17.5 Å². The Morgan fingerprint density at radius 1 is 1.28 bits per heavy atom. The van der Waals surface area contributed by atoms with Crippen LogP contribution in [0, 0.1) is 6.92 Å². The van der Waals surface area contributed by atoms with Gasteiger partial charge in [-0.3, -0.25) is 0 Å². The fourth-order valence-corrected chi connectivity index (χ4v) is 3.90. The van der Waals surface area contributed by atoms with Gasteiger partial charge >= 0.3 is 0 Å². The lowest BCUT2D eigenvalue weighted by molar-refractivity contribution is 0.392. The topological polar surface area (TPSA) is 46.6 Å². The van der Waals surface area contributed by atoms with Crippen molar-refractivity contribution in [2.75, 3.05) is 20.2 Å². The van der Waals surface area contributed by atoms with Gasteiger partial charge in [-0.1, -0.05) is 25.4 Å². The van der Waals surface area contributed by atoms with Crippen molar-refractivity contribution in [2.24, 2.45) is 0 Å². The van der Waals surface area contributed by atoms with Gasteiger partial charge in [0, 0.05) is 18.1 Å². The van der Waals surface area contributed by atoms with Gasteiger partial charge in [0.2, 0.25) is 10.0 Å². The van der Waals surface area contributed by atoms with Crippen LogP contribution in [0.2, 0.25) is 5.02 Å². The van der Waals surface area contributed by atoms with Gasteiger partial charge in [-0.2, -0.15) is 4.31 Å². The van der Waals surface area contributed by atoms with Crippen molar-refractivity contribution in [3.63, 3.8) is 0 Å². The minimum Gasteiger partial charge on any atom is -0.495 e. The van der Waals surface area contributed by atoms with E-state index in [1.54, 1.807) is 26.8 Å². The van der Waals surface area contributed by atoms with Crippen LogP contribution < -0.4 is 4.74 Å². The summed E-state index contributed by atoms with van der Waals surface area (Å²) >= 11 is 5.94. The predicted molar refractivity (Wildman–Crippen MR) is 72.8 cm³/mol. The predicted octanol–water partition coefficient (Wildman–Crippen LogP) is 2.69. The first-order chi connectivity index (χ1) is 8.38. The Balaban J connectivity index is 3.49. The van der Waals surface area contributed by atoms with Gasteiger partial charge in [0.25, 0.3) is 0 Å². The Bertz CT molecular complexity index is 524. The molecule has 0 fully saturated rings. The number of ether oxygens (including phenoxy) is 1. The molecule has 0 aliphatic heterocycles. The standard InChI is InChI=1S/C12H18ClNO3S/c1-5-14(6-2)18(15,16)11-8-10(13)7-9(3)12(11)17-4/h7-8H,5-6H2,1-4H3. The minimum absolute atomic E-state index is 0.124. The number of benzene rings is 1. The molecule has 102 valence electrons. The molecule has 0 saturated heterocycles. The summed E-state index contributed by atoms with van der Waals surface area (Å²) in [6.07, 6.45) is 0. The van der Waals surface area contributed by atoms with Crippen molar-refractivity contribution in [3.05, 3.63) is 22.7 Å². The zero-order valence-electron chi connectivity index (χ0n) is 11.0. The molecule has 0 N–H and O–H groups in total. The van der Waals surface area contributed by atoms with E-state index in [4.69, 9.17) is 16.3 Å². The van der Waals surface area contributed by atoms with E-state index in [2.05, 4.69) is 0 Å². The van der Waals surface area contributed by atoms with Crippen LogP contribution in [0.25, 0.3) is 0 Å². The Labute approximate surface area is 114 Å². The maximum Gasteiger partial charge on any atom is 0.246 e. The van der Waals surface area contributed by atoms with Gasteiger partial charge in [-0.15, -0.1) is 0 Å². The number of sulfonamides is 1. The average Bonchev–Trinajstić information content (AvgIpc) is 2.29. The molecule has 0 saturated carbocycles. The second-order valence-corrected chi connectivity index (χ2v) is 6.19. The van der Waals surface area contributed by atoms with Crippen LogP contribution >= 0.6 is 11.6 Å². The molecule has 1 aromatic rings. The van der Waals surface area contributed by atoms with E-state index in [0.717, 1.165) is 0 Å². The monoisotopic (exact) mass is 291 g/mol. The van der Waals surface area contributed by atoms with Crippen LogP contribution in [0.1, 0.15) is 19.4 Å². The Kier molecular flexibility index (Phi) is 5.01. The molecule has 0 aliphatic rings. The lowest BCUT2D eigenvalue weighted by Crippen LogP contribution is -2.31. The van der Waals surface area contributed by atoms with Crippen LogP contribution in [-0.4, -0.2) is 32.9 Å². The number of halogens is 1. The van der Waals surface area contributed by atoms with Gasteiger partial charge in [0.1, 0.15) is 10.6 Å². The zero-order chi connectivity index (χ0) is 13.9. The fraction of sp³-hybridized carbons (Fsp3) is 0.500. The molecule has 4 nitrogen and oxygen atoms in total. The third-order valence-corrected chi connectivity index (χ3v) is 5.01. The van der Waals surface area contributed by atoms with E-state index in [-0.39, 0.29) is 4.90 Å². The van der Waals surface area contributed by atoms with Crippen LogP contribution in [0.15, 0.2) is 17.0 Å². The van der Waals surface area contributed by atoms with Crippen LogP contribution in [0.3, 0.4) is 0 Å². The molecule has 0 atom stereocenters. The number of methoxy groups -OCH3 is 1. The van der Waals surface area contributed by atoms with E-state index in [1.807, 2.05) is 0 Å². The van der Waals surface area contributed by atoms with Crippen molar-refractivity contribution in [1.29, 1.82) is 0 Å². The second-order valence-electron chi connectivity index (χ2n) is 3.84. The first-order valence-corrected chi connectivity index (χ1v) is 7.54.